The van der Waals surface area contributed by atoms with E-state index in [1.54, 1.807) is 0 Å². The first kappa shape index (κ1) is 18.3. The van der Waals surface area contributed by atoms with Gasteiger partial charge < -0.3 is 14.3 Å². The number of aryl methyl sites for hydroxylation is 1. The summed E-state index contributed by atoms with van der Waals surface area (Å²) in [6, 6.07) is 7.79. The molecule has 0 spiro atoms. The number of hydrogen-bond donors (Lipinski definition) is 1. The van der Waals surface area contributed by atoms with Gasteiger partial charge in [0.2, 0.25) is 5.89 Å². The molecule has 1 heterocycles. The Morgan fingerprint density at radius 3 is 2.70 bits per heavy atom. The van der Waals surface area contributed by atoms with Crippen molar-refractivity contribution in [2.45, 2.75) is 19.7 Å². The van der Waals surface area contributed by atoms with E-state index in [-0.39, 0.29) is 35.0 Å². The lowest BCUT2D eigenvalue weighted by Crippen LogP contribution is -2.10. The smallest absolute Gasteiger partial charge is 0.417 e. The highest BCUT2D eigenvalue weighted by Gasteiger charge is 2.35. The highest BCUT2D eigenvalue weighted by atomic mass is 19.4. The Hall–Kier alpha value is -3.54. The molecule has 0 saturated heterocycles. The van der Waals surface area contributed by atoms with Crippen LogP contribution in [0.1, 0.15) is 32.9 Å². The van der Waals surface area contributed by atoms with Crippen molar-refractivity contribution in [2.24, 2.45) is 0 Å². The summed E-state index contributed by atoms with van der Waals surface area (Å²) in [4.78, 5) is 15.1. The van der Waals surface area contributed by atoms with Crippen molar-refractivity contribution in [1.82, 2.24) is 4.98 Å². The van der Waals surface area contributed by atoms with Crippen molar-refractivity contribution in [2.75, 3.05) is 0 Å². The number of benzene rings is 2. The van der Waals surface area contributed by atoms with Gasteiger partial charge in [0.1, 0.15) is 22.9 Å². The molecule has 1 aromatic heterocycles. The minimum Gasteiger partial charge on any atom is -0.482 e. The molecule has 0 atom stereocenters. The van der Waals surface area contributed by atoms with Crippen molar-refractivity contribution in [3.8, 4) is 11.8 Å². The molecule has 6 nitrogen and oxygen atoms in total. The third-order valence-corrected chi connectivity index (χ3v) is 3.69. The number of carboxylic acid groups (broad SMARTS) is 1. The number of aromatic nitrogens is 1. The predicted molar refractivity (Wildman–Crippen MR) is 86.2 cm³/mol. The maximum atomic E-state index is 13.1. The lowest BCUT2D eigenvalue weighted by Gasteiger charge is -2.14. The fourth-order valence-corrected chi connectivity index (χ4v) is 2.51. The summed E-state index contributed by atoms with van der Waals surface area (Å²) in [6.07, 6.45) is -4.69. The molecule has 0 aliphatic carbocycles. The topological polar surface area (TPSA) is 96.3 Å². The van der Waals surface area contributed by atoms with Crippen LogP contribution in [0, 0.1) is 18.3 Å². The van der Waals surface area contributed by atoms with E-state index in [0.717, 1.165) is 6.07 Å². The summed E-state index contributed by atoms with van der Waals surface area (Å²) >= 11 is 0. The quantitative estimate of drug-likeness (QED) is 0.729. The molecule has 0 aliphatic heterocycles. The maximum Gasteiger partial charge on any atom is 0.417 e. The molecule has 0 unspecified atom stereocenters. The number of carboxylic acids is 1. The van der Waals surface area contributed by atoms with Gasteiger partial charge >= 0.3 is 12.1 Å². The van der Waals surface area contributed by atoms with Crippen LogP contribution >= 0.6 is 0 Å². The summed E-state index contributed by atoms with van der Waals surface area (Å²) in [5, 5.41) is 18.1. The standard InChI is InChI=1S/C18H11F3N2O4/c1-9-4-12(18(19,20)21)11(7-22)14(5-9)26-8-16-23-13-3-2-10(17(24)25)6-15(13)27-16/h2-6H,8H2,1H3,(H,24,25). The molecule has 0 amide bonds. The Bertz CT molecular complexity index is 1080. The first-order valence-corrected chi connectivity index (χ1v) is 7.56. The number of aromatic carboxylic acids is 1. The van der Waals surface area contributed by atoms with E-state index in [9.17, 15) is 18.0 Å². The van der Waals surface area contributed by atoms with E-state index in [1.807, 2.05) is 0 Å². The number of nitriles is 1. The van der Waals surface area contributed by atoms with Crippen LogP contribution in [0.25, 0.3) is 11.1 Å². The van der Waals surface area contributed by atoms with Crippen LogP contribution in [-0.4, -0.2) is 16.1 Å². The number of nitrogens with zero attached hydrogens (tertiary/aromatic N) is 2. The molecule has 0 radical (unpaired) electrons. The highest BCUT2D eigenvalue weighted by Crippen LogP contribution is 2.37. The van der Waals surface area contributed by atoms with Crippen LogP contribution in [0.15, 0.2) is 34.7 Å². The van der Waals surface area contributed by atoms with Crippen molar-refractivity contribution < 1.29 is 32.2 Å². The first-order valence-electron chi connectivity index (χ1n) is 7.56. The number of hydrogen-bond acceptors (Lipinski definition) is 5. The number of alkyl halides is 3. The van der Waals surface area contributed by atoms with Crippen molar-refractivity contribution in [3.63, 3.8) is 0 Å². The van der Waals surface area contributed by atoms with Crippen LogP contribution in [0.2, 0.25) is 0 Å². The van der Waals surface area contributed by atoms with Gasteiger partial charge in [0.15, 0.2) is 12.2 Å². The summed E-state index contributed by atoms with van der Waals surface area (Å²) in [5.74, 6) is -1.34. The number of ether oxygens (including phenoxy) is 1. The molecule has 9 heteroatoms. The highest BCUT2D eigenvalue weighted by molar-refractivity contribution is 5.91. The van der Waals surface area contributed by atoms with E-state index < -0.39 is 23.3 Å². The fourth-order valence-electron chi connectivity index (χ4n) is 2.51. The van der Waals surface area contributed by atoms with Gasteiger partial charge in [-0.2, -0.15) is 18.4 Å². The second-order valence-electron chi connectivity index (χ2n) is 5.68. The monoisotopic (exact) mass is 376 g/mol. The number of halogens is 3. The molecule has 0 fully saturated rings. The summed E-state index contributed by atoms with van der Waals surface area (Å²) < 4.78 is 50.1. The minimum atomic E-state index is -4.69. The molecular formula is C18H11F3N2O4. The summed E-state index contributed by atoms with van der Waals surface area (Å²) in [6.45, 7) is 1.13. The minimum absolute atomic E-state index is 0.00592. The van der Waals surface area contributed by atoms with Gasteiger partial charge in [0.25, 0.3) is 0 Å². The second kappa shape index (κ2) is 6.64. The van der Waals surface area contributed by atoms with E-state index in [2.05, 4.69) is 4.98 Å². The molecule has 3 rings (SSSR count). The van der Waals surface area contributed by atoms with Crippen LogP contribution in [0.5, 0.6) is 5.75 Å². The fraction of sp³-hybridized carbons (Fsp3) is 0.167. The van der Waals surface area contributed by atoms with Gasteiger partial charge in [-0.3, -0.25) is 0 Å². The molecule has 27 heavy (non-hydrogen) atoms. The van der Waals surface area contributed by atoms with E-state index in [1.165, 1.54) is 37.3 Å². The average molecular weight is 376 g/mol. The second-order valence-corrected chi connectivity index (χ2v) is 5.68. The van der Waals surface area contributed by atoms with E-state index >= 15 is 0 Å². The van der Waals surface area contributed by atoms with Crippen molar-refractivity contribution in [3.05, 3.63) is 58.5 Å². The molecule has 0 aliphatic rings. The number of oxazole rings is 1. The Morgan fingerprint density at radius 1 is 1.33 bits per heavy atom. The van der Waals surface area contributed by atoms with Gasteiger partial charge in [0, 0.05) is 0 Å². The zero-order valence-corrected chi connectivity index (χ0v) is 13.8. The van der Waals surface area contributed by atoms with E-state index in [0.29, 0.717) is 5.52 Å². The SMILES string of the molecule is Cc1cc(OCc2nc3ccc(C(=O)O)cc3o2)c(C#N)c(C(F)(F)F)c1. The Kier molecular flexibility index (Phi) is 4.49. The van der Waals surface area contributed by atoms with Gasteiger partial charge in [0.05, 0.1) is 11.1 Å². The Balaban J connectivity index is 1.91. The zero-order chi connectivity index (χ0) is 19.8. The summed E-state index contributed by atoms with van der Waals surface area (Å²) in [7, 11) is 0. The Labute approximate surface area is 150 Å². The third kappa shape index (κ3) is 3.69. The van der Waals surface area contributed by atoms with Gasteiger partial charge in [-0.25, -0.2) is 9.78 Å². The molecule has 2 aromatic carbocycles. The third-order valence-electron chi connectivity index (χ3n) is 3.69. The largest absolute Gasteiger partial charge is 0.482 e. The van der Waals surface area contributed by atoms with Gasteiger partial charge in [-0.15, -0.1) is 0 Å². The first-order chi connectivity index (χ1) is 12.7. The zero-order valence-electron chi connectivity index (χ0n) is 13.8. The van der Waals surface area contributed by atoms with Crippen LogP contribution < -0.4 is 4.74 Å². The van der Waals surface area contributed by atoms with Crippen LogP contribution in [-0.2, 0) is 12.8 Å². The molecule has 0 bridgehead atoms. The number of fused-ring (bicyclic) bond motifs is 1. The predicted octanol–water partition coefficient (Wildman–Crippen LogP) is 4.30. The maximum absolute atomic E-state index is 13.1. The molecule has 1 N–H and O–H groups in total. The lowest BCUT2D eigenvalue weighted by molar-refractivity contribution is -0.137. The molecule has 3 aromatic rings. The normalized spacial score (nSPS) is 11.4. The average Bonchev–Trinajstić information content (AvgIpc) is 3.00. The van der Waals surface area contributed by atoms with Gasteiger partial charge in [-0.1, -0.05) is 0 Å². The van der Waals surface area contributed by atoms with Crippen LogP contribution in [0.3, 0.4) is 0 Å². The lowest BCUT2D eigenvalue weighted by atomic mass is 10.0. The van der Waals surface area contributed by atoms with Crippen LogP contribution in [0.4, 0.5) is 13.2 Å². The Morgan fingerprint density at radius 2 is 2.07 bits per heavy atom. The molecular weight excluding hydrogens is 365 g/mol. The van der Waals surface area contributed by atoms with Crippen molar-refractivity contribution >= 4 is 17.1 Å². The molecule has 138 valence electrons. The van der Waals surface area contributed by atoms with E-state index in [4.69, 9.17) is 19.5 Å². The van der Waals surface area contributed by atoms with Gasteiger partial charge in [-0.05, 0) is 42.8 Å². The number of carbonyl (C=O) groups is 1. The number of rotatable bonds is 4. The molecule has 0 saturated carbocycles. The summed E-state index contributed by atoms with van der Waals surface area (Å²) in [5.41, 5.74) is -0.846. The van der Waals surface area contributed by atoms with Crippen molar-refractivity contribution in [1.29, 1.82) is 5.26 Å².